The van der Waals surface area contributed by atoms with Crippen LogP contribution in [0, 0.1) is 6.92 Å². The Balaban J connectivity index is 0.00000205. The van der Waals surface area contributed by atoms with Gasteiger partial charge in [-0.3, -0.25) is 5.10 Å². The Morgan fingerprint density at radius 1 is 0.897 bits per heavy atom. The summed E-state index contributed by atoms with van der Waals surface area (Å²) < 4.78 is 0. The van der Waals surface area contributed by atoms with Gasteiger partial charge in [0.15, 0.2) is 0 Å². The number of para-hydroxylation sites is 1. The molecule has 148 valence electrons. The van der Waals surface area contributed by atoms with Gasteiger partial charge in [-0.2, -0.15) is 5.10 Å². The van der Waals surface area contributed by atoms with Crippen LogP contribution in [-0.4, -0.2) is 46.3 Å². The SMILES string of the molecule is C.Cc1ccccc1N1CCN(c2ncnc3ccc(-c4cn[nH]c4)cc23)CC1. The van der Waals surface area contributed by atoms with Gasteiger partial charge < -0.3 is 9.80 Å². The molecule has 6 heteroatoms. The molecule has 0 amide bonds. The van der Waals surface area contributed by atoms with Crippen molar-refractivity contribution in [3.05, 3.63) is 66.7 Å². The van der Waals surface area contributed by atoms with Crippen LogP contribution in [0.1, 0.15) is 13.0 Å². The maximum atomic E-state index is 4.64. The van der Waals surface area contributed by atoms with E-state index in [1.807, 2.05) is 12.4 Å². The van der Waals surface area contributed by atoms with E-state index in [1.54, 1.807) is 6.33 Å². The number of hydrogen-bond donors (Lipinski definition) is 1. The highest BCUT2D eigenvalue weighted by atomic mass is 15.3. The van der Waals surface area contributed by atoms with Crippen molar-refractivity contribution in [2.45, 2.75) is 14.4 Å². The first kappa shape index (κ1) is 18.9. The summed E-state index contributed by atoms with van der Waals surface area (Å²) in [7, 11) is 0. The molecule has 0 aliphatic carbocycles. The lowest BCUT2D eigenvalue weighted by Gasteiger charge is -2.37. The summed E-state index contributed by atoms with van der Waals surface area (Å²) in [5.74, 6) is 1.01. The predicted molar refractivity (Wildman–Crippen MR) is 119 cm³/mol. The number of piperazine rings is 1. The van der Waals surface area contributed by atoms with Crippen LogP contribution in [0.4, 0.5) is 11.5 Å². The second kappa shape index (κ2) is 7.91. The smallest absolute Gasteiger partial charge is 0.140 e. The molecule has 2 aromatic heterocycles. The van der Waals surface area contributed by atoms with E-state index < -0.39 is 0 Å². The Labute approximate surface area is 171 Å². The second-order valence-electron chi connectivity index (χ2n) is 7.18. The lowest BCUT2D eigenvalue weighted by Crippen LogP contribution is -2.47. The number of fused-ring (bicyclic) bond motifs is 1. The molecule has 6 nitrogen and oxygen atoms in total. The largest absolute Gasteiger partial charge is 0.368 e. The number of H-pyrrole nitrogens is 1. The van der Waals surface area contributed by atoms with Gasteiger partial charge in [-0.1, -0.05) is 31.7 Å². The molecular formula is C23H26N6. The minimum Gasteiger partial charge on any atom is -0.368 e. The van der Waals surface area contributed by atoms with Crippen molar-refractivity contribution in [2.75, 3.05) is 36.0 Å². The van der Waals surface area contributed by atoms with Crippen molar-refractivity contribution in [3.63, 3.8) is 0 Å². The first-order valence-electron chi connectivity index (χ1n) is 9.59. The van der Waals surface area contributed by atoms with E-state index in [9.17, 15) is 0 Å². The number of benzene rings is 2. The topological polar surface area (TPSA) is 60.9 Å². The highest BCUT2D eigenvalue weighted by Gasteiger charge is 2.21. The fourth-order valence-corrected chi connectivity index (χ4v) is 3.96. The van der Waals surface area contributed by atoms with Gasteiger partial charge in [0.1, 0.15) is 12.1 Å². The maximum Gasteiger partial charge on any atom is 0.140 e. The van der Waals surface area contributed by atoms with E-state index in [0.717, 1.165) is 54.0 Å². The van der Waals surface area contributed by atoms with E-state index in [0.29, 0.717) is 0 Å². The number of hydrogen-bond acceptors (Lipinski definition) is 5. The zero-order valence-electron chi connectivity index (χ0n) is 15.8. The van der Waals surface area contributed by atoms with Crippen molar-refractivity contribution in [1.29, 1.82) is 0 Å². The summed E-state index contributed by atoms with van der Waals surface area (Å²) in [6.07, 6.45) is 5.42. The molecule has 1 aliphatic heterocycles. The normalized spacial score (nSPS) is 14.1. The molecule has 5 rings (SSSR count). The lowest BCUT2D eigenvalue weighted by atomic mass is 10.1. The van der Waals surface area contributed by atoms with Gasteiger partial charge >= 0.3 is 0 Å². The number of aryl methyl sites for hydroxylation is 1. The van der Waals surface area contributed by atoms with Crippen LogP contribution in [0.5, 0.6) is 0 Å². The average molecular weight is 387 g/mol. The van der Waals surface area contributed by atoms with Gasteiger partial charge in [-0.05, 0) is 36.2 Å². The van der Waals surface area contributed by atoms with Crippen molar-refractivity contribution >= 4 is 22.4 Å². The Bertz CT molecular complexity index is 1100. The fourth-order valence-electron chi connectivity index (χ4n) is 3.96. The van der Waals surface area contributed by atoms with Gasteiger partial charge in [0.2, 0.25) is 0 Å². The molecule has 0 unspecified atom stereocenters. The number of aromatic amines is 1. The van der Waals surface area contributed by atoms with Crippen molar-refractivity contribution < 1.29 is 0 Å². The summed E-state index contributed by atoms with van der Waals surface area (Å²) in [6.45, 7) is 6.03. The van der Waals surface area contributed by atoms with Crippen LogP contribution in [0.15, 0.2) is 61.2 Å². The summed E-state index contributed by atoms with van der Waals surface area (Å²) in [6, 6.07) is 14.9. The molecule has 2 aromatic carbocycles. The number of aromatic nitrogens is 4. The summed E-state index contributed by atoms with van der Waals surface area (Å²) in [5.41, 5.74) is 5.82. The van der Waals surface area contributed by atoms with Crippen molar-refractivity contribution in [1.82, 2.24) is 20.2 Å². The van der Waals surface area contributed by atoms with Gasteiger partial charge in [0, 0.05) is 49.0 Å². The van der Waals surface area contributed by atoms with Gasteiger partial charge in [0.25, 0.3) is 0 Å². The van der Waals surface area contributed by atoms with Crippen LogP contribution in [0.2, 0.25) is 0 Å². The highest BCUT2D eigenvalue weighted by molar-refractivity contribution is 5.92. The Morgan fingerprint density at radius 3 is 2.45 bits per heavy atom. The first-order chi connectivity index (χ1) is 13.8. The van der Waals surface area contributed by atoms with E-state index in [2.05, 4.69) is 79.4 Å². The third kappa shape index (κ3) is 3.53. The van der Waals surface area contributed by atoms with Crippen LogP contribution in [0.25, 0.3) is 22.0 Å². The van der Waals surface area contributed by atoms with E-state index in [1.165, 1.54) is 11.3 Å². The van der Waals surface area contributed by atoms with Crippen LogP contribution in [0.3, 0.4) is 0 Å². The molecule has 0 bridgehead atoms. The number of anilines is 2. The molecule has 0 atom stereocenters. The van der Waals surface area contributed by atoms with Gasteiger partial charge in [-0.15, -0.1) is 0 Å². The molecular weight excluding hydrogens is 360 g/mol. The molecule has 4 aromatic rings. The molecule has 1 N–H and O–H groups in total. The number of rotatable bonds is 3. The molecule has 1 aliphatic rings. The minimum absolute atomic E-state index is 0. The Morgan fingerprint density at radius 2 is 1.69 bits per heavy atom. The zero-order chi connectivity index (χ0) is 18.9. The summed E-state index contributed by atoms with van der Waals surface area (Å²) >= 11 is 0. The lowest BCUT2D eigenvalue weighted by molar-refractivity contribution is 0.648. The highest BCUT2D eigenvalue weighted by Crippen LogP contribution is 2.29. The monoisotopic (exact) mass is 386 g/mol. The third-order valence-electron chi connectivity index (χ3n) is 5.48. The van der Waals surface area contributed by atoms with Crippen LogP contribution < -0.4 is 9.80 Å². The Kier molecular flexibility index (Phi) is 5.16. The molecule has 0 spiro atoms. The molecule has 29 heavy (non-hydrogen) atoms. The van der Waals surface area contributed by atoms with E-state index >= 15 is 0 Å². The third-order valence-corrected chi connectivity index (χ3v) is 5.48. The number of nitrogens with one attached hydrogen (secondary N) is 1. The van der Waals surface area contributed by atoms with E-state index in [-0.39, 0.29) is 7.43 Å². The van der Waals surface area contributed by atoms with Crippen LogP contribution in [-0.2, 0) is 0 Å². The Hall–Kier alpha value is -3.41. The molecule has 0 radical (unpaired) electrons. The van der Waals surface area contributed by atoms with Gasteiger partial charge in [0.05, 0.1) is 11.7 Å². The maximum absolute atomic E-state index is 4.64. The molecule has 1 saturated heterocycles. The fraction of sp³-hybridized carbons (Fsp3) is 0.261. The molecule has 0 saturated carbocycles. The number of nitrogens with zero attached hydrogens (tertiary/aromatic N) is 5. The summed E-state index contributed by atoms with van der Waals surface area (Å²) in [4.78, 5) is 13.9. The van der Waals surface area contributed by atoms with Crippen LogP contribution >= 0.6 is 0 Å². The molecule has 1 fully saturated rings. The quantitative estimate of drug-likeness (QED) is 0.569. The summed E-state index contributed by atoms with van der Waals surface area (Å²) in [5, 5.41) is 8.03. The van der Waals surface area contributed by atoms with Crippen molar-refractivity contribution in [3.8, 4) is 11.1 Å². The average Bonchev–Trinajstić information content (AvgIpc) is 3.28. The van der Waals surface area contributed by atoms with Crippen molar-refractivity contribution in [2.24, 2.45) is 0 Å². The molecule has 3 heterocycles. The second-order valence-corrected chi connectivity index (χ2v) is 7.18. The minimum atomic E-state index is 0. The zero-order valence-corrected chi connectivity index (χ0v) is 15.8. The first-order valence-corrected chi connectivity index (χ1v) is 9.59. The van der Waals surface area contributed by atoms with Gasteiger partial charge in [-0.25, -0.2) is 9.97 Å². The predicted octanol–water partition coefficient (Wildman–Crippen LogP) is 4.29. The van der Waals surface area contributed by atoms with E-state index in [4.69, 9.17) is 0 Å². The standard InChI is InChI=1S/C22H22N6.CH4/c1-16-4-2-3-5-21(16)27-8-10-28(11-9-27)22-19-12-17(18-13-25-26-14-18)6-7-20(19)23-15-24-22;/h2-7,12-15H,8-11H2,1H3,(H,25,26);1H4.